The van der Waals surface area contributed by atoms with Gasteiger partial charge in [-0.2, -0.15) is 0 Å². The highest BCUT2D eigenvalue weighted by Crippen LogP contribution is 2.28. The number of hydrogen-bond donors (Lipinski definition) is 0. The molecular formula is C20H22FNO5S. The van der Waals surface area contributed by atoms with Crippen LogP contribution in [0.25, 0.3) is 11.3 Å². The lowest BCUT2D eigenvalue weighted by molar-refractivity contribution is 0.0419. The lowest BCUT2D eigenvalue weighted by Crippen LogP contribution is -2.45. The molecule has 2 aromatic rings. The first kappa shape index (κ1) is 19.1. The molecule has 2 atom stereocenters. The summed E-state index contributed by atoms with van der Waals surface area (Å²) in [5.74, 6) is -0.468. The Kier molecular flexibility index (Phi) is 5.25. The Labute approximate surface area is 163 Å². The van der Waals surface area contributed by atoms with Crippen molar-refractivity contribution in [2.75, 3.05) is 24.7 Å². The van der Waals surface area contributed by atoms with Gasteiger partial charge in [-0.15, -0.1) is 0 Å². The Morgan fingerprint density at radius 2 is 2.00 bits per heavy atom. The summed E-state index contributed by atoms with van der Waals surface area (Å²) in [4.78, 5) is 14.7. The monoisotopic (exact) mass is 407 g/mol. The highest BCUT2D eigenvalue weighted by molar-refractivity contribution is 7.91. The first-order valence-corrected chi connectivity index (χ1v) is 11.2. The van der Waals surface area contributed by atoms with E-state index in [2.05, 4.69) is 0 Å². The Morgan fingerprint density at radius 3 is 2.68 bits per heavy atom. The lowest BCUT2D eigenvalue weighted by atomic mass is 10.1. The van der Waals surface area contributed by atoms with E-state index in [0.717, 1.165) is 12.8 Å². The Balaban J connectivity index is 1.59. The number of amides is 1. The minimum absolute atomic E-state index is 0.0493. The van der Waals surface area contributed by atoms with Crippen molar-refractivity contribution in [1.29, 1.82) is 0 Å². The molecule has 150 valence electrons. The average molecular weight is 407 g/mol. The van der Waals surface area contributed by atoms with Crippen molar-refractivity contribution < 1.29 is 26.8 Å². The molecule has 0 radical (unpaired) electrons. The van der Waals surface area contributed by atoms with Gasteiger partial charge in [0.1, 0.15) is 11.6 Å². The van der Waals surface area contributed by atoms with E-state index in [-0.39, 0.29) is 40.6 Å². The van der Waals surface area contributed by atoms with Crippen LogP contribution in [0.4, 0.5) is 4.39 Å². The number of carbonyl (C=O) groups excluding carboxylic acids is 1. The van der Waals surface area contributed by atoms with Gasteiger partial charge in [-0.05, 0) is 43.5 Å². The van der Waals surface area contributed by atoms with Crippen molar-refractivity contribution in [2.24, 2.45) is 0 Å². The van der Waals surface area contributed by atoms with E-state index in [1.54, 1.807) is 29.2 Å². The standard InChI is InChI=1S/C20H22FNO5S/c21-17-6-2-1-5-16(17)18-7-8-19(27-18)20(23)22(12-15-4-3-10-26-15)14-9-11-28(24,25)13-14/h1-2,5-8,14-15H,3-4,9-13H2/t14-,15+/m0/s1. The Morgan fingerprint density at radius 1 is 1.18 bits per heavy atom. The third-order valence-electron chi connectivity index (χ3n) is 5.29. The van der Waals surface area contributed by atoms with Crippen molar-refractivity contribution in [2.45, 2.75) is 31.4 Å². The number of furan rings is 1. The summed E-state index contributed by atoms with van der Waals surface area (Å²) in [7, 11) is -3.15. The molecule has 8 heteroatoms. The predicted octanol–water partition coefficient (Wildman–Crippen LogP) is 2.89. The van der Waals surface area contributed by atoms with E-state index in [1.165, 1.54) is 12.1 Å². The molecule has 0 spiro atoms. The fraction of sp³-hybridized carbons (Fsp3) is 0.450. The van der Waals surface area contributed by atoms with Crippen molar-refractivity contribution in [3.8, 4) is 11.3 Å². The van der Waals surface area contributed by atoms with E-state index in [4.69, 9.17) is 9.15 Å². The zero-order valence-corrected chi connectivity index (χ0v) is 16.2. The van der Waals surface area contributed by atoms with Crippen LogP contribution in [0.15, 0.2) is 40.8 Å². The second kappa shape index (κ2) is 7.67. The molecule has 0 aliphatic carbocycles. The van der Waals surface area contributed by atoms with Crippen LogP contribution >= 0.6 is 0 Å². The van der Waals surface area contributed by atoms with Crippen LogP contribution in [-0.2, 0) is 14.6 Å². The summed E-state index contributed by atoms with van der Waals surface area (Å²) in [5.41, 5.74) is 0.274. The molecule has 0 saturated carbocycles. The van der Waals surface area contributed by atoms with Gasteiger partial charge in [0.05, 0.1) is 23.2 Å². The quantitative estimate of drug-likeness (QED) is 0.762. The van der Waals surface area contributed by atoms with E-state index in [9.17, 15) is 17.6 Å². The Bertz CT molecular complexity index is 964. The summed E-state index contributed by atoms with van der Waals surface area (Å²) in [6, 6.07) is 8.84. The van der Waals surface area contributed by atoms with Crippen LogP contribution in [0.3, 0.4) is 0 Å². The third kappa shape index (κ3) is 3.98. The number of rotatable bonds is 5. The maximum Gasteiger partial charge on any atom is 0.289 e. The Hall–Kier alpha value is -2.19. The number of benzene rings is 1. The van der Waals surface area contributed by atoms with Gasteiger partial charge in [0.2, 0.25) is 0 Å². The van der Waals surface area contributed by atoms with Gasteiger partial charge >= 0.3 is 0 Å². The molecule has 1 aromatic heterocycles. The molecule has 0 bridgehead atoms. The second-order valence-electron chi connectivity index (χ2n) is 7.29. The highest BCUT2D eigenvalue weighted by atomic mass is 32.2. The van der Waals surface area contributed by atoms with Crippen LogP contribution in [0.1, 0.15) is 29.8 Å². The maximum absolute atomic E-state index is 14.0. The molecular weight excluding hydrogens is 385 g/mol. The second-order valence-corrected chi connectivity index (χ2v) is 9.52. The van der Waals surface area contributed by atoms with Gasteiger partial charge in [0.25, 0.3) is 5.91 Å². The zero-order chi connectivity index (χ0) is 19.7. The molecule has 3 heterocycles. The summed E-state index contributed by atoms with van der Waals surface area (Å²) >= 11 is 0. The maximum atomic E-state index is 14.0. The molecule has 0 unspecified atom stereocenters. The number of halogens is 1. The van der Waals surface area contributed by atoms with Crippen molar-refractivity contribution >= 4 is 15.7 Å². The van der Waals surface area contributed by atoms with Gasteiger partial charge < -0.3 is 14.1 Å². The third-order valence-corrected chi connectivity index (χ3v) is 7.04. The molecule has 1 amide bonds. The van der Waals surface area contributed by atoms with E-state index in [1.807, 2.05) is 0 Å². The summed E-state index contributed by atoms with van der Waals surface area (Å²) < 4.78 is 49.2. The van der Waals surface area contributed by atoms with E-state index < -0.39 is 21.7 Å². The molecule has 6 nitrogen and oxygen atoms in total. The zero-order valence-electron chi connectivity index (χ0n) is 15.3. The van der Waals surface area contributed by atoms with Gasteiger partial charge in [-0.3, -0.25) is 4.79 Å². The fourth-order valence-corrected chi connectivity index (χ4v) is 5.56. The minimum atomic E-state index is -3.15. The molecule has 28 heavy (non-hydrogen) atoms. The topological polar surface area (TPSA) is 76.8 Å². The smallest absolute Gasteiger partial charge is 0.289 e. The summed E-state index contributed by atoms with van der Waals surface area (Å²) in [6.07, 6.45) is 2.06. The normalized spacial score (nSPS) is 23.8. The fourth-order valence-electron chi connectivity index (χ4n) is 3.83. The molecule has 4 rings (SSSR count). The summed E-state index contributed by atoms with van der Waals surface area (Å²) in [5, 5.41) is 0. The van der Waals surface area contributed by atoms with Gasteiger partial charge in [-0.1, -0.05) is 12.1 Å². The van der Waals surface area contributed by atoms with Crippen molar-refractivity contribution in [1.82, 2.24) is 4.90 Å². The van der Waals surface area contributed by atoms with Crippen molar-refractivity contribution in [3.63, 3.8) is 0 Å². The van der Waals surface area contributed by atoms with E-state index in [0.29, 0.717) is 19.6 Å². The van der Waals surface area contributed by atoms with E-state index >= 15 is 0 Å². The van der Waals surface area contributed by atoms with Crippen molar-refractivity contribution in [3.05, 3.63) is 48.0 Å². The number of carbonyl (C=O) groups is 1. The minimum Gasteiger partial charge on any atom is -0.451 e. The number of hydrogen-bond acceptors (Lipinski definition) is 5. The molecule has 1 aromatic carbocycles. The molecule has 0 N–H and O–H groups in total. The number of nitrogens with zero attached hydrogens (tertiary/aromatic N) is 1. The first-order valence-electron chi connectivity index (χ1n) is 9.41. The van der Waals surface area contributed by atoms with Crippen LogP contribution in [0.2, 0.25) is 0 Å². The van der Waals surface area contributed by atoms with Crippen LogP contribution < -0.4 is 0 Å². The molecule has 2 aliphatic heterocycles. The average Bonchev–Trinajstić information content (AvgIpc) is 3.40. The summed E-state index contributed by atoms with van der Waals surface area (Å²) in [6.45, 7) is 0.975. The number of ether oxygens (including phenoxy) is 1. The predicted molar refractivity (Wildman–Crippen MR) is 101 cm³/mol. The van der Waals surface area contributed by atoms with Gasteiger partial charge in [0.15, 0.2) is 15.6 Å². The molecule has 2 fully saturated rings. The van der Waals surface area contributed by atoms with Gasteiger partial charge in [0, 0.05) is 19.2 Å². The van der Waals surface area contributed by atoms with Crippen LogP contribution in [-0.4, -0.2) is 56.0 Å². The van der Waals surface area contributed by atoms with Gasteiger partial charge in [-0.25, -0.2) is 12.8 Å². The number of sulfone groups is 1. The molecule has 2 saturated heterocycles. The van der Waals surface area contributed by atoms with Crippen LogP contribution in [0.5, 0.6) is 0 Å². The SMILES string of the molecule is O=C(c1ccc(-c2ccccc2F)o1)N(C[C@H]1CCCO1)[C@H]1CCS(=O)(=O)C1. The first-order chi connectivity index (χ1) is 13.4. The molecule has 2 aliphatic rings. The highest BCUT2D eigenvalue weighted by Gasteiger charge is 2.37. The van der Waals surface area contributed by atoms with Crippen LogP contribution in [0, 0.1) is 5.82 Å². The lowest BCUT2D eigenvalue weighted by Gasteiger charge is -2.29. The largest absolute Gasteiger partial charge is 0.451 e.